The summed E-state index contributed by atoms with van der Waals surface area (Å²) in [6.45, 7) is 3.11. The van der Waals surface area contributed by atoms with Crippen molar-refractivity contribution in [2.45, 2.75) is 31.4 Å². The molecule has 0 aromatic heterocycles. The number of carbonyl (C=O) groups excluding carboxylic acids is 1. The summed E-state index contributed by atoms with van der Waals surface area (Å²) in [5.41, 5.74) is 6.83. The summed E-state index contributed by atoms with van der Waals surface area (Å²) in [5.74, 6) is 1.61. The largest absolute Gasteiger partial charge is 0.493 e. The van der Waals surface area contributed by atoms with Crippen molar-refractivity contribution < 1.29 is 9.53 Å². The molecule has 0 aliphatic carbocycles. The lowest BCUT2D eigenvalue weighted by Crippen LogP contribution is -2.32. The van der Waals surface area contributed by atoms with Crippen molar-refractivity contribution in [1.82, 2.24) is 5.32 Å². The third-order valence-electron chi connectivity index (χ3n) is 3.35. The lowest BCUT2D eigenvalue weighted by Gasteiger charge is -2.22. The van der Waals surface area contributed by atoms with Crippen LogP contribution in [0.2, 0.25) is 0 Å². The molecule has 3 N–H and O–H groups in total. The SMILES string of the molecule is CCOc1cccc(N)c1C(=O)NCC1CCCCS1. The molecule has 1 aliphatic rings. The summed E-state index contributed by atoms with van der Waals surface area (Å²) in [4.78, 5) is 12.3. The molecule has 0 bridgehead atoms. The summed E-state index contributed by atoms with van der Waals surface area (Å²) in [6.07, 6.45) is 3.72. The quantitative estimate of drug-likeness (QED) is 0.820. The topological polar surface area (TPSA) is 64.3 Å². The average Bonchev–Trinajstić information content (AvgIpc) is 2.46. The third-order valence-corrected chi connectivity index (χ3v) is 4.75. The van der Waals surface area contributed by atoms with Gasteiger partial charge in [-0.2, -0.15) is 11.8 Å². The summed E-state index contributed by atoms with van der Waals surface area (Å²) in [6, 6.07) is 5.31. The Morgan fingerprint density at radius 2 is 2.35 bits per heavy atom. The van der Waals surface area contributed by atoms with Gasteiger partial charge in [0.25, 0.3) is 5.91 Å². The standard InChI is InChI=1S/C15H22N2O2S/c1-2-19-13-8-5-7-12(16)14(13)15(18)17-10-11-6-3-4-9-20-11/h5,7-8,11H,2-4,6,9-10,16H2,1H3,(H,17,18). The Balaban J connectivity index is 2.00. The summed E-state index contributed by atoms with van der Waals surface area (Å²) >= 11 is 1.94. The predicted molar refractivity (Wildman–Crippen MR) is 84.5 cm³/mol. The summed E-state index contributed by atoms with van der Waals surface area (Å²) < 4.78 is 5.48. The minimum absolute atomic E-state index is 0.141. The molecule has 0 saturated carbocycles. The average molecular weight is 294 g/mol. The van der Waals surface area contributed by atoms with Crippen LogP contribution in [0.1, 0.15) is 36.5 Å². The summed E-state index contributed by atoms with van der Waals surface area (Å²) in [5, 5.41) is 3.51. The molecule has 5 heteroatoms. The van der Waals surface area contributed by atoms with E-state index in [9.17, 15) is 4.79 Å². The van der Waals surface area contributed by atoms with Gasteiger partial charge in [-0.15, -0.1) is 0 Å². The van der Waals surface area contributed by atoms with Crippen molar-refractivity contribution in [3.05, 3.63) is 23.8 Å². The number of nitrogen functional groups attached to an aromatic ring is 1. The number of nitrogens with two attached hydrogens (primary N) is 1. The number of carbonyl (C=O) groups is 1. The first-order chi connectivity index (χ1) is 9.72. The van der Waals surface area contributed by atoms with Crippen molar-refractivity contribution >= 4 is 23.4 Å². The van der Waals surface area contributed by atoms with Gasteiger partial charge in [0.15, 0.2) is 0 Å². The Morgan fingerprint density at radius 1 is 1.50 bits per heavy atom. The molecule has 1 aromatic carbocycles. The van der Waals surface area contributed by atoms with E-state index in [-0.39, 0.29) is 5.91 Å². The first-order valence-corrected chi connectivity index (χ1v) is 8.18. The molecule has 1 aliphatic heterocycles. The van der Waals surface area contributed by atoms with Gasteiger partial charge in [0.1, 0.15) is 11.3 Å². The van der Waals surface area contributed by atoms with E-state index in [0.29, 0.717) is 35.4 Å². The molecule has 1 unspecified atom stereocenters. The number of amides is 1. The van der Waals surface area contributed by atoms with Crippen LogP contribution in [0.3, 0.4) is 0 Å². The molecule has 1 saturated heterocycles. The molecular weight excluding hydrogens is 272 g/mol. The highest BCUT2D eigenvalue weighted by Gasteiger charge is 2.19. The van der Waals surface area contributed by atoms with Gasteiger partial charge in [-0.3, -0.25) is 4.79 Å². The van der Waals surface area contributed by atoms with Gasteiger partial charge in [-0.25, -0.2) is 0 Å². The molecule has 1 fully saturated rings. The molecule has 20 heavy (non-hydrogen) atoms. The van der Waals surface area contributed by atoms with Crippen molar-refractivity contribution in [3.63, 3.8) is 0 Å². The molecule has 1 atom stereocenters. The van der Waals surface area contributed by atoms with Crippen LogP contribution in [0, 0.1) is 0 Å². The second-order valence-electron chi connectivity index (χ2n) is 4.85. The zero-order valence-corrected chi connectivity index (χ0v) is 12.7. The van der Waals surface area contributed by atoms with Crippen LogP contribution in [0.4, 0.5) is 5.69 Å². The zero-order valence-electron chi connectivity index (χ0n) is 11.9. The Morgan fingerprint density at radius 3 is 3.05 bits per heavy atom. The van der Waals surface area contributed by atoms with Crippen LogP contribution in [0.15, 0.2) is 18.2 Å². The van der Waals surface area contributed by atoms with Crippen LogP contribution in [0.5, 0.6) is 5.75 Å². The number of benzene rings is 1. The fourth-order valence-electron chi connectivity index (χ4n) is 2.33. The van der Waals surface area contributed by atoms with E-state index in [1.165, 1.54) is 25.0 Å². The van der Waals surface area contributed by atoms with Gasteiger partial charge in [-0.05, 0) is 37.7 Å². The van der Waals surface area contributed by atoms with Crippen LogP contribution >= 0.6 is 11.8 Å². The second-order valence-corrected chi connectivity index (χ2v) is 6.26. The van der Waals surface area contributed by atoms with Crippen LogP contribution < -0.4 is 15.8 Å². The maximum Gasteiger partial charge on any atom is 0.257 e. The smallest absolute Gasteiger partial charge is 0.257 e. The Kier molecular flexibility index (Phi) is 5.59. The number of hydrogen-bond acceptors (Lipinski definition) is 4. The normalized spacial score (nSPS) is 18.6. The second kappa shape index (κ2) is 7.43. The lowest BCUT2D eigenvalue weighted by molar-refractivity contribution is 0.0950. The monoisotopic (exact) mass is 294 g/mol. The maximum absolute atomic E-state index is 12.3. The predicted octanol–water partition coefficient (Wildman–Crippen LogP) is 2.68. The zero-order chi connectivity index (χ0) is 14.4. The first kappa shape index (κ1) is 15.0. The number of rotatable bonds is 5. The fourth-order valence-corrected chi connectivity index (χ4v) is 3.57. The van der Waals surface area contributed by atoms with Gasteiger partial charge in [0.05, 0.1) is 6.61 Å². The lowest BCUT2D eigenvalue weighted by atomic mass is 10.1. The minimum atomic E-state index is -0.141. The maximum atomic E-state index is 12.3. The Bertz CT molecular complexity index is 459. The van der Waals surface area contributed by atoms with Gasteiger partial charge < -0.3 is 15.8 Å². The highest BCUT2D eigenvalue weighted by atomic mass is 32.2. The van der Waals surface area contributed by atoms with Crippen molar-refractivity contribution in [3.8, 4) is 5.75 Å². The third kappa shape index (κ3) is 3.82. The van der Waals surface area contributed by atoms with E-state index in [1.807, 2.05) is 18.7 Å². The van der Waals surface area contributed by atoms with E-state index in [4.69, 9.17) is 10.5 Å². The van der Waals surface area contributed by atoms with Gasteiger partial charge in [-0.1, -0.05) is 12.5 Å². The van der Waals surface area contributed by atoms with Gasteiger partial charge in [0, 0.05) is 17.5 Å². The number of anilines is 1. The van der Waals surface area contributed by atoms with E-state index in [0.717, 1.165) is 0 Å². The summed E-state index contributed by atoms with van der Waals surface area (Å²) in [7, 11) is 0. The first-order valence-electron chi connectivity index (χ1n) is 7.13. The van der Waals surface area contributed by atoms with E-state index >= 15 is 0 Å². The van der Waals surface area contributed by atoms with Crippen LogP contribution in [0.25, 0.3) is 0 Å². The molecule has 0 spiro atoms. The van der Waals surface area contributed by atoms with Gasteiger partial charge in [0.2, 0.25) is 0 Å². The molecule has 110 valence electrons. The Labute approximate surface area is 124 Å². The highest BCUT2D eigenvalue weighted by Crippen LogP contribution is 2.26. The van der Waals surface area contributed by atoms with Crippen molar-refractivity contribution in [1.29, 1.82) is 0 Å². The van der Waals surface area contributed by atoms with Crippen LogP contribution in [-0.2, 0) is 0 Å². The fraction of sp³-hybridized carbons (Fsp3) is 0.533. The highest BCUT2D eigenvalue weighted by molar-refractivity contribution is 7.99. The molecular formula is C15H22N2O2S. The number of nitrogens with one attached hydrogen (secondary N) is 1. The van der Waals surface area contributed by atoms with Crippen molar-refractivity contribution in [2.75, 3.05) is 24.6 Å². The Hall–Kier alpha value is -1.36. The molecule has 1 aromatic rings. The molecule has 1 heterocycles. The molecule has 2 rings (SSSR count). The van der Waals surface area contributed by atoms with E-state index < -0.39 is 0 Å². The number of hydrogen-bond donors (Lipinski definition) is 2. The van der Waals surface area contributed by atoms with Crippen LogP contribution in [-0.4, -0.2) is 30.1 Å². The van der Waals surface area contributed by atoms with E-state index in [2.05, 4.69) is 5.32 Å². The molecule has 4 nitrogen and oxygen atoms in total. The van der Waals surface area contributed by atoms with Gasteiger partial charge >= 0.3 is 0 Å². The minimum Gasteiger partial charge on any atom is -0.493 e. The number of thioether (sulfide) groups is 1. The van der Waals surface area contributed by atoms with Crippen molar-refractivity contribution in [2.24, 2.45) is 0 Å². The number of ether oxygens (including phenoxy) is 1. The molecule has 0 radical (unpaired) electrons. The molecule has 1 amide bonds. The van der Waals surface area contributed by atoms with E-state index in [1.54, 1.807) is 18.2 Å².